The van der Waals surface area contributed by atoms with Crippen LogP contribution in [0.25, 0.3) is 22.2 Å². The molecule has 0 saturated carbocycles. The lowest BCUT2D eigenvalue weighted by molar-refractivity contribution is -0.149. The molecule has 0 fully saturated rings. The van der Waals surface area contributed by atoms with Gasteiger partial charge in [0.1, 0.15) is 6.04 Å². The smallest absolute Gasteiger partial charge is 0.316 e. The third-order valence-corrected chi connectivity index (χ3v) is 3.97. The van der Waals surface area contributed by atoms with Gasteiger partial charge < -0.3 is 5.73 Å². The molecule has 1 atom stereocenters. The van der Waals surface area contributed by atoms with Crippen LogP contribution in [0, 0.1) is 6.92 Å². The van der Waals surface area contributed by atoms with Crippen molar-refractivity contribution in [3.63, 3.8) is 0 Å². The van der Waals surface area contributed by atoms with Gasteiger partial charge in [-0.05, 0) is 30.7 Å². The average Bonchev–Trinajstić information content (AvgIpc) is 2.52. The van der Waals surface area contributed by atoms with E-state index in [1.165, 1.54) is 12.3 Å². The summed E-state index contributed by atoms with van der Waals surface area (Å²) in [6.45, 7) is 1.80. The number of fused-ring (bicyclic) bond motifs is 1. The molecule has 0 aliphatic carbocycles. The molecule has 24 heavy (non-hydrogen) atoms. The Hall–Kier alpha value is -2.18. The minimum Gasteiger partial charge on any atom is -0.316 e. The minimum absolute atomic E-state index is 0.107. The molecule has 0 radical (unpaired) electrons. The number of rotatable bonds is 2. The predicted molar refractivity (Wildman–Crippen MR) is 87.7 cm³/mol. The van der Waals surface area contributed by atoms with Crippen molar-refractivity contribution in [3.05, 3.63) is 58.9 Å². The van der Waals surface area contributed by atoms with Gasteiger partial charge in [-0.15, -0.1) is 0 Å². The highest BCUT2D eigenvalue weighted by atomic mass is 35.5. The van der Waals surface area contributed by atoms with Crippen molar-refractivity contribution >= 4 is 22.5 Å². The Kier molecular flexibility index (Phi) is 4.19. The Morgan fingerprint density at radius 1 is 1.17 bits per heavy atom. The van der Waals surface area contributed by atoms with Crippen LogP contribution in [0.2, 0.25) is 5.02 Å². The fourth-order valence-electron chi connectivity index (χ4n) is 2.51. The summed E-state index contributed by atoms with van der Waals surface area (Å²) in [6, 6.07) is 5.90. The molecule has 0 spiro atoms. The van der Waals surface area contributed by atoms with Crippen molar-refractivity contribution in [3.8, 4) is 11.3 Å². The first-order chi connectivity index (χ1) is 11.3. The second-order valence-corrected chi connectivity index (χ2v) is 5.92. The van der Waals surface area contributed by atoms with E-state index in [4.69, 9.17) is 17.3 Å². The topological polar surface area (TPSA) is 51.8 Å². The van der Waals surface area contributed by atoms with Gasteiger partial charge in [-0.3, -0.25) is 4.98 Å². The molecule has 1 aromatic carbocycles. The van der Waals surface area contributed by atoms with Gasteiger partial charge in [0, 0.05) is 28.9 Å². The number of nitrogens with zero attached hydrogens (tertiary/aromatic N) is 2. The number of aromatic nitrogens is 2. The van der Waals surface area contributed by atoms with Crippen LogP contribution in [0.5, 0.6) is 0 Å². The van der Waals surface area contributed by atoms with E-state index in [1.807, 2.05) is 0 Å². The van der Waals surface area contributed by atoms with Gasteiger partial charge in [-0.1, -0.05) is 23.7 Å². The molecule has 3 nitrogen and oxygen atoms in total. The van der Waals surface area contributed by atoms with Crippen molar-refractivity contribution in [2.75, 3.05) is 0 Å². The predicted octanol–water partition coefficient (Wildman–Crippen LogP) is 4.82. The summed E-state index contributed by atoms with van der Waals surface area (Å²) >= 11 is 6.14. The van der Waals surface area contributed by atoms with Crippen LogP contribution in [-0.2, 0) is 0 Å². The molecule has 2 heterocycles. The summed E-state index contributed by atoms with van der Waals surface area (Å²) in [5, 5.41) is 0.864. The standard InChI is InChI=1S/C17H13ClF3N3/c1-9-5-11(8-23-7-9)14-12(16(22)17(19,20)21)6-10-3-2-4-13(18)15(10)24-14/h2-8,16H,22H2,1H3/t16-/m1/s1. The summed E-state index contributed by atoms with van der Waals surface area (Å²) in [7, 11) is 0. The molecular weight excluding hydrogens is 339 g/mol. The molecule has 2 N–H and O–H groups in total. The van der Waals surface area contributed by atoms with Gasteiger partial charge in [0.05, 0.1) is 16.2 Å². The number of hydrogen-bond acceptors (Lipinski definition) is 3. The molecule has 3 rings (SSSR count). The number of para-hydroxylation sites is 1. The number of pyridine rings is 2. The zero-order valence-electron chi connectivity index (χ0n) is 12.6. The molecular formula is C17H13ClF3N3. The van der Waals surface area contributed by atoms with E-state index >= 15 is 0 Å². The SMILES string of the molecule is Cc1cncc(-c2nc3c(Cl)cccc3cc2[C@@H](N)C(F)(F)F)c1. The largest absolute Gasteiger partial charge is 0.407 e. The zero-order valence-corrected chi connectivity index (χ0v) is 13.4. The maximum atomic E-state index is 13.2. The summed E-state index contributed by atoms with van der Waals surface area (Å²) < 4.78 is 39.6. The Balaban J connectivity index is 2.33. The zero-order chi connectivity index (χ0) is 17.5. The Bertz CT molecular complexity index is 909. The fraction of sp³-hybridized carbons (Fsp3) is 0.176. The quantitative estimate of drug-likeness (QED) is 0.720. The number of hydrogen-bond donors (Lipinski definition) is 1. The summed E-state index contributed by atoms with van der Waals surface area (Å²) in [6.07, 6.45) is -1.51. The van der Waals surface area contributed by atoms with Crippen molar-refractivity contribution < 1.29 is 13.2 Å². The van der Waals surface area contributed by atoms with Gasteiger partial charge >= 0.3 is 6.18 Å². The number of alkyl halides is 3. The van der Waals surface area contributed by atoms with E-state index in [-0.39, 0.29) is 11.3 Å². The van der Waals surface area contributed by atoms with Gasteiger partial charge in [0.15, 0.2) is 0 Å². The lowest BCUT2D eigenvalue weighted by Gasteiger charge is -2.20. The molecule has 3 aromatic rings. The van der Waals surface area contributed by atoms with Crippen molar-refractivity contribution in [2.45, 2.75) is 19.1 Å². The molecule has 124 valence electrons. The van der Waals surface area contributed by atoms with Crippen LogP contribution in [-0.4, -0.2) is 16.1 Å². The van der Waals surface area contributed by atoms with Crippen LogP contribution < -0.4 is 5.73 Å². The van der Waals surface area contributed by atoms with Gasteiger partial charge in [0.25, 0.3) is 0 Å². The molecule has 0 aliphatic heterocycles. The van der Waals surface area contributed by atoms with Crippen LogP contribution >= 0.6 is 11.6 Å². The van der Waals surface area contributed by atoms with Crippen LogP contribution in [0.1, 0.15) is 17.2 Å². The second kappa shape index (κ2) is 6.03. The molecule has 7 heteroatoms. The summed E-state index contributed by atoms with van der Waals surface area (Å²) in [5.74, 6) is 0. The van der Waals surface area contributed by atoms with E-state index in [2.05, 4.69) is 9.97 Å². The number of aryl methyl sites for hydroxylation is 1. The maximum Gasteiger partial charge on any atom is 0.407 e. The Morgan fingerprint density at radius 2 is 1.92 bits per heavy atom. The normalized spacial score (nSPS) is 13.2. The Labute approximate surface area is 141 Å². The highest BCUT2D eigenvalue weighted by Crippen LogP contribution is 2.37. The number of nitrogens with two attached hydrogens (primary N) is 1. The van der Waals surface area contributed by atoms with Crippen LogP contribution in [0.15, 0.2) is 42.7 Å². The van der Waals surface area contributed by atoms with E-state index < -0.39 is 12.2 Å². The monoisotopic (exact) mass is 351 g/mol. The third-order valence-electron chi connectivity index (χ3n) is 3.66. The summed E-state index contributed by atoms with van der Waals surface area (Å²) in [4.78, 5) is 8.40. The van der Waals surface area contributed by atoms with Crippen LogP contribution in [0.3, 0.4) is 0 Å². The fourth-order valence-corrected chi connectivity index (χ4v) is 2.73. The summed E-state index contributed by atoms with van der Waals surface area (Å²) in [5.41, 5.74) is 7.18. The molecule has 0 amide bonds. The first-order valence-electron chi connectivity index (χ1n) is 7.11. The van der Waals surface area contributed by atoms with Crippen LogP contribution in [0.4, 0.5) is 13.2 Å². The van der Waals surface area contributed by atoms with Gasteiger partial charge in [-0.25, -0.2) is 4.98 Å². The molecule has 0 aliphatic rings. The molecule has 2 aromatic heterocycles. The van der Waals surface area contributed by atoms with Crippen molar-refractivity contribution in [1.82, 2.24) is 9.97 Å². The van der Waals surface area contributed by atoms with Crippen molar-refractivity contribution in [2.24, 2.45) is 5.73 Å². The van der Waals surface area contributed by atoms with Crippen molar-refractivity contribution in [1.29, 1.82) is 0 Å². The van der Waals surface area contributed by atoms with E-state index in [1.54, 1.807) is 37.4 Å². The first-order valence-corrected chi connectivity index (χ1v) is 7.48. The highest BCUT2D eigenvalue weighted by Gasteiger charge is 2.39. The average molecular weight is 352 g/mol. The maximum absolute atomic E-state index is 13.2. The molecule has 0 bridgehead atoms. The second-order valence-electron chi connectivity index (χ2n) is 5.51. The van der Waals surface area contributed by atoms with Gasteiger partial charge in [0.2, 0.25) is 0 Å². The molecule has 0 saturated heterocycles. The van der Waals surface area contributed by atoms with E-state index in [0.717, 1.165) is 5.56 Å². The highest BCUT2D eigenvalue weighted by molar-refractivity contribution is 6.35. The Morgan fingerprint density at radius 3 is 2.58 bits per heavy atom. The number of benzene rings is 1. The minimum atomic E-state index is -4.58. The molecule has 0 unspecified atom stereocenters. The van der Waals surface area contributed by atoms with Gasteiger partial charge in [-0.2, -0.15) is 13.2 Å². The van der Waals surface area contributed by atoms with E-state index in [0.29, 0.717) is 21.5 Å². The first kappa shape index (κ1) is 16.7. The lowest BCUT2D eigenvalue weighted by Crippen LogP contribution is -2.29. The lowest BCUT2D eigenvalue weighted by atomic mass is 9.98. The third kappa shape index (κ3) is 3.07. The number of halogens is 4. The van der Waals surface area contributed by atoms with E-state index in [9.17, 15) is 13.2 Å².